The first-order chi connectivity index (χ1) is 7.15. The number of nitrogens with zero attached hydrogens (tertiary/aromatic N) is 2. The van der Waals surface area contributed by atoms with Crippen LogP contribution >= 0.6 is 0 Å². The van der Waals surface area contributed by atoms with Gasteiger partial charge in [-0.25, -0.2) is 0 Å². The highest BCUT2D eigenvalue weighted by Crippen LogP contribution is 2.06. The van der Waals surface area contributed by atoms with Gasteiger partial charge in [-0.2, -0.15) is 0 Å². The summed E-state index contributed by atoms with van der Waals surface area (Å²) in [6, 6.07) is 2.05. The molecular formula is C12H20N2O. The summed E-state index contributed by atoms with van der Waals surface area (Å²) >= 11 is 0. The number of pyridine rings is 1. The lowest BCUT2D eigenvalue weighted by Crippen LogP contribution is -2.17. The first kappa shape index (κ1) is 13.8. The van der Waals surface area contributed by atoms with Crippen LogP contribution in [-0.2, 0) is 11.3 Å². The number of hydrogen-bond donors (Lipinski definition) is 0. The van der Waals surface area contributed by atoms with Gasteiger partial charge in [-0.3, -0.25) is 4.98 Å². The van der Waals surface area contributed by atoms with Gasteiger partial charge in [0.25, 0.3) is 0 Å². The lowest BCUT2D eigenvalue weighted by atomic mass is 10.1. The Morgan fingerprint density at radius 1 is 1.53 bits per heavy atom. The molecule has 0 bridgehead atoms. The highest BCUT2D eigenvalue weighted by molar-refractivity contribution is 5.44. The normalized spacial score (nSPS) is 9.40. The molecular weight excluding hydrogens is 188 g/mol. The predicted molar refractivity (Wildman–Crippen MR) is 62.7 cm³/mol. The molecule has 1 aromatic heterocycles. The van der Waals surface area contributed by atoms with Gasteiger partial charge in [-0.05, 0) is 44.6 Å². The van der Waals surface area contributed by atoms with Crippen LogP contribution in [0.4, 0.5) is 0 Å². The fraction of sp³-hybridized carbons (Fsp3) is 0.500. The first-order valence-corrected chi connectivity index (χ1v) is 5.13. The smallest absolute Gasteiger partial charge is 0.116 e. The molecule has 1 aromatic rings. The molecule has 0 spiro atoms. The number of aldehydes is 1. The van der Waals surface area contributed by atoms with Crippen molar-refractivity contribution in [2.24, 2.45) is 0 Å². The first-order valence-electron chi connectivity index (χ1n) is 5.13. The molecule has 84 valence electrons. The third-order valence-corrected chi connectivity index (χ3v) is 2.13. The minimum Gasteiger partial charge on any atom is -0.304 e. The minimum atomic E-state index is 0.750. The van der Waals surface area contributed by atoms with Gasteiger partial charge >= 0.3 is 0 Å². The molecule has 0 radical (unpaired) electrons. The highest BCUT2D eigenvalue weighted by Gasteiger charge is 1.99. The number of hydrogen-bond acceptors (Lipinski definition) is 3. The Morgan fingerprint density at radius 3 is 2.60 bits per heavy atom. The van der Waals surface area contributed by atoms with E-state index >= 15 is 0 Å². The molecule has 1 rings (SSSR count). The van der Waals surface area contributed by atoms with Crippen LogP contribution in [0.2, 0.25) is 0 Å². The van der Waals surface area contributed by atoms with Gasteiger partial charge < -0.3 is 9.69 Å². The number of aromatic nitrogens is 1. The largest absolute Gasteiger partial charge is 0.304 e. The molecule has 15 heavy (non-hydrogen) atoms. The zero-order valence-electron chi connectivity index (χ0n) is 10.0. The topological polar surface area (TPSA) is 33.2 Å². The summed E-state index contributed by atoms with van der Waals surface area (Å²) in [6.07, 6.45) is 4.53. The molecule has 0 aliphatic rings. The predicted octanol–water partition coefficient (Wildman–Crippen LogP) is 2.05. The molecule has 0 saturated carbocycles. The van der Waals surface area contributed by atoms with E-state index in [0.717, 1.165) is 19.4 Å². The summed E-state index contributed by atoms with van der Waals surface area (Å²) in [5.74, 6) is 0. The van der Waals surface area contributed by atoms with E-state index in [9.17, 15) is 0 Å². The zero-order chi connectivity index (χ0) is 11.7. The Morgan fingerprint density at radius 2 is 2.13 bits per heavy atom. The van der Waals surface area contributed by atoms with Crippen LogP contribution < -0.4 is 0 Å². The summed E-state index contributed by atoms with van der Waals surface area (Å²) in [5.41, 5.74) is 2.65. The van der Waals surface area contributed by atoms with Gasteiger partial charge in [0.2, 0.25) is 0 Å². The van der Waals surface area contributed by atoms with E-state index < -0.39 is 0 Å². The van der Waals surface area contributed by atoms with E-state index in [1.807, 2.05) is 12.4 Å². The van der Waals surface area contributed by atoms with E-state index in [1.165, 1.54) is 18.1 Å². The Labute approximate surface area is 92.1 Å². The van der Waals surface area contributed by atoms with Crippen LogP contribution in [0, 0.1) is 6.92 Å². The molecule has 0 fully saturated rings. The average molecular weight is 208 g/mol. The lowest BCUT2D eigenvalue weighted by molar-refractivity contribution is -0.106. The van der Waals surface area contributed by atoms with Crippen molar-refractivity contribution >= 4 is 6.29 Å². The summed E-state index contributed by atoms with van der Waals surface area (Å²) in [6.45, 7) is 7.80. The number of carbonyl (C=O) groups excluding carboxylic acids is 1. The van der Waals surface area contributed by atoms with Crippen molar-refractivity contribution in [3.8, 4) is 0 Å². The van der Waals surface area contributed by atoms with E-state index in [-0.39, 0.29) is 0 Å². The molecule has 0 amide bonds. The van der Waals surface area contributed by atoms with Crippen molar-refractivity contribution in [2.45, 2.75) is 27.3 Å². The molecule has 0 saturated heterocycles. The van der Waals surface area contributed by atoms with Crippen molar-refractivity contribution in [1.82, 2.24) is 9.88 Å². The Hall–Kier alpha value is -1.22. The second kappa shape index (κ2) is 8.12. The number of aryl methyl sites for hydroxylation is 1. The number of rotatable bonds is 3. The average Bonchev–Trinajstić information content (AvgIpc) is 2.22. The molecule has 0 N–H and O–H groups in total. The molecule has 0 aliphatic carbocycles. The van der Waals surface area contributed by atoms with E-state index in [0.29, 0.717) is 0 Å². The minimum absolute atomic E-state index is 0.750. The van der Waals surface area contributed by atoms with Crippen LogP contribution in [0.15, 0.2) is 18.5 Å². The van der Waals surface area contributed by atoms with Crippen molar-refractivity contribution in [1.29, 1.82) is 0 Å². The van der Waals surface area contributed by atoms with E-state index in [2.05, 4.69) is 36.8 Å². The summed E-state index contributed by atoms with van der Waals surface area (Å²) in [7, 11) is 2.12. The van der Waals surface area contributed by atoms with Crippen LogP contribution in [-0.4, -0.2) is 29.8 Å². The van der Waals surface area contributed by atoms with Crippen molar-refractivity contribution in [2.75, 3.05) is 13.6 Å². The fourth-order valence-electron chi connectivity index (χ4n) is 1.06. The molecule has 0 aromatic carbocycles. The standard InChI is InChI=1S/C10H16N2.C2H4O/c1-4-12(3)8-10-7-11-6-5-9(10)2;1-2-3/h5-7H,4,8H2,1-3H3;2H,1H3. The van der Waals surface area contributed by atoms with Crippen molar-refractivity contribution in [3.63, 3.8) is 0 Å². The SMILES string of the molecule is CC=O.CCN(C)Cc1cnccc1C. The quantitative estimate of drug-likeness (QED) is 0.713. The third kappa shape index (κ3) is 5.96. The monoisotopic (exact) mass is 208 g/mol. The van der Waals surface area contributed by atoms with E-state index in [1.54, 1.807) is 0 Å². The van der Waals surface area contributed by atoms with Crippen molar-refractivity contribution in [3.05, 3.63) is 29.6 Å². The maximum Gasteiger partial charge on any atom is 0.116 e. The maximum absolute atomic E-state index is 8.81. The Bertz CT molecular complexity index is 287. The van der Waals surface area contributed by atoms with E-state index in [4.69, 9.17) is 4.79 Å². The molecule has 0 atom stereocenters. The summed E-state index contributed by atoms with van der Waals surface area (Å²) in [4.78, 5) is 15.2. The molecule has 0 unspecified atom stereocenters. The fourth-order valence-corrected chi connectivity index (χ4v) is 1.06. The van der Waals surface area contributed by atoms with Crippen LogP contribution in [0.1, 0.15) is 25.0 Å². The van der Waals surface area contributed by atoms with Crippen molar-refractivity contribution < 1.29 is 4.79 Å². The zero-order valence-corrected chi connectivity index (χ0v) is 10.0. The molecule has 3 heteroatoms. The van der Waals surface area contributed by atoms with Gasteiger partial charge in [0.15, 0.2) is 0 Å². The summed E-state index contributed by atoms with van der Waals surface area (Å²) < 4.78 is 0. The van der Waals surface area contributed by atoms with Crippen LogP contribution in [0.3, 0.4) is 0 Å². The molecule has 0 aliphatic heterocycles. The summed E-state index contributed by atoms with van der Waals surface area (Å²) in [5, 5.41) is 0. The molecule has 1 heterocycles. The van der Waals surface area contributed by atoms with Crippen LogP contribution in [0.25, 0.3) is 0 Å². The Balaban J connectivity index is 0.000000583. The Kier molecular flexibility index (Phi) is 7.46. The second-order valence-corrected chi connectivity index (χ2v) is 3.37. The number of carbonyl (C=O) groups is 1. The lowest BCUT2D eigenvalue weighted by Gasteiger charge is -2.14. The van der Waals surface area contributed by atoms with Gasteiger partial charge in [-0.1, -0.05) is 6.92 Å². The molecule has 3 nitrogen and oxygen atoms in total. The van der Waals surface area contributed by atoms with Gasteiger partial charge in [0.05, 0.1) is 0 Å². The highest BCUT2D eigenvalue weighted by atomic mass is 16.1. The second-order valence-electron chi connectivity index (χ2n) is 3.37. The third-order valence-electron chi connectivity index (χ3n) is 2.13. The van der Waals surface area contributed by atoms with Gasteiger partial charge in [0, 0.05) is 18.9 Å². The van der Waals surface area contributed by atoms with Crippen LogP contribution in [0.5, 0.6) is 0 Å². The van der Waals surface area contributed by atoms with Gasteiger partial charge in [-0.15, -0.1) is 0 Å². The maximum atomic E-state index is 8.81. The van der Waals surface area contributed by atoms with Gasteiger partial charge in [0.1, 0.15) is 6.29 Å².